The molecule has 1 unspecified atom stereocenters. The highest BCUT2D eigenvalue weighted by Crippen LogP contribution is 2.48. The van der Waals surface area contributed by atoms with E-state index in [1.165, 1.54) is 18.4 Å². The summed E-state index contributed by atoms with van der Waals surface area (Å²) in [6.07, 6.45) is 5.10. The minimum absolute atomic E-state index is 0.0120. The van der Waals surface area contributed by atoms with Gasteiger partial charge in [-0.3, -0.25) is 4.90 Å². The van der Waals surface area contributed by atoms with Crippen LogP contribution in [-0.2, 0) is 6.42 Å². The molecule has 4 nitrogen and oxygen atoms in total. The van der Waals surface area contributed by atoms with E-state index in [0.29, 0.717) is 5.92 Å². The third-order valence-corrected chi connectivity index (χ3v) is 5.19. The molecule has 3 saturated heterocycles. The van der Waals surface area contributed by atoms with Crippen LogP contribution < -0.4 is 10.5 Å². The number of rotatable bonds is 0. The van der Waals surface area contributed by atoms with Crippen molar-refractivity contribution in [3.63, 3.8) is 0 Å². The predicted molar refractivity (Wildman–Crippen MR) is 71.3 cm³/mol. The molecule has 5 heterocycles. The van der Waals surface area contributed by atoms with Crippen LogP contribution >= 0.6 is 15.9 Å². The Bertz CT molecular complexity index is 497. The van der Waals surface area contributed by atoms with Crippen molar-refractivity contribution in [2.75, 3.05) is 13.1 Å². The second-order valence-corrected chi connectivity index (χ2v) is 6.52. The summed E-state index contributed by atoms with van der Waals surface area (Å²) in [5.74, 6) is 1.35. The van der Waals surface area contributed by atoms with Crippen molar-refractivity contribution in [2.45, 2.75) is 31.0 Å². The number of aromatic nitrogens is 1. The molecule has 0 amide bonds. The molecule has 0 aromatic carbocycles. The molecule has 1 aromatic rings. The average Bonchev–Trinajstić information content (AvgIpc) is 2.75. The molecule has 1 aromatic heterocycles. The Balaban J connectivity index is 1.75. The van der Waals surface area contributed by atoms with Gasteiger partial charge in [-0.15, -0.1) is 0 Å². The van der Waals surface area contributed by atoms with E-state index in [-0.39, 0.29) is 11.8 Å². The minimum Gasteiger partial charge on any atom is -0.467 e. The maximum Gasteiger partial charge on any atom is 0.217 e. The van der Waals surface area contributed by atoms with Gasteiger partial charge in [0.05, 0.1) is 6.17 Å². The lowest BCUT2D eigenvalue weighted by Gasteiger charge is -2.54. The third kappa shape index (κ3) is 1.35. The molecule has 4 aliphatic rings. The van der Waals surface area contributed by atoms with E-state index in [0.717, 1.165) is 29.9 Å². The van der Waals surface area contributed by atoms with Crippen LogP contribution in [0.1, 0.15) is 18.4 Å². The minimum atomic E-state index is -0.230. The number of piperidine rings is 3. The summed E-state index contributed by atoms with van der Waals surface area (Å²) in [5.41, 5.74) is 7.40. The zero-order valence-corrected chi connectivity index (χ0v) is 11.7. The highest BCUT2D eigenvalue weighted by Gasteiger charge is 2.57. The molecule has 5 rings (SSSR count). The van der Waals surface area contributed by atoms with Crippen LogP contribution in [0.3, 0.4) is 0 Å². The van der Waals surface area contributed by atoms with Crippen LogP contribution in [0.15, 0.2) is 16.7 Å². The standard InChI is InChI=1S/C13H16BrN3O/c14-10-5-8-6-13(18-11(8)16-7-10)9-1-3-17(4-2-9)12(13)15/h5,7,9,12H,1-4,6,15H2/t12?,13-/m1/s1. The van der Waals surface area contributed by atoms with Crippen molar-refractivity contribution in [2.24, 2.45) is 11.7 Å². The van der Waals surface area contributed by atoms with Crippen LogP contribution in [0.25, 0.3) is 0 Å². The van der Waals surface area contributed by atoms with Gasteiger partial charge in [-0.2, -0.15) is 0 Å². The Morgan fingerprint density at radius 2 is 2.22 bits per heavy atom. The molecule has 0 radical (unpaired) electrons. The normalized spacial score (nSPS) is 40.9. The lowest BCUT2D eigenvalue weighted by Crippen LogP contribution is -2.71. The molecule has 2 N–H and O–H groups in total. The van der Waals surface area contributed by atoms with Gasteiger partial charge in [0.15, 0.2) is 0 Å². The molecule has 2 bridgehead atoms. The Morgan fingerprint density at radius 3 is 2.94 bits per heavy atom. The van der Waals surface area contributed by atoms with Gasteiger partial charge >= 0.3 is 0 Å². The third-order valence-electron chi connectivity index (χ3n) is 4.76. The molecule has 0 saturated carbocycles. The molecule has 2 atom stereocenters. The van der Waals surface area contributed by atoms with Gasteiger partial charge in [-0.1, -0.05) is 0 Å². The van der Waals surface area contributed by atoms with E-state index in [9.17, 15) is 0 Å². The van der Waals surface area contributed by atoms with Gasteiger partial charge < -0.3 is 10.5 Å². The Kier molecular flexibility index (Phi) is 2.29. The Morgan fingerprint density at radius 1 is 1.44 bits per heavy atom. The summed E-state index contributed by atoms with van der Waals surface area (Å²) in [4.78, 5) is 6.75. The van der Waals surface area contributed by atoms with Gasteiger partial charge in [0.2, 0.25) is 5.88 Å². The van der Waals surface area contributed by atoms with E-state index in [1.54, 1.807) is 6.20 Å². The van der Waals surface area contributed by atoms with E-state index in [4.69, 9.17) is 10.5 Å². The van der Waals surface area contributed by atoms with E-state index >= 15 is 0 Å². The quantitative estimate of drug-likeness (QED) is 0.789. The van der Waals surface area contributed by atoms with Gasteiger partial charge in [-0.05, 0) is 34.8 Å². The molecule has 18 heavy (non-hydrogen) atoms. The molecule has 4 aliphatic heterocycles. The van der Waals surface area contributed by atoms with Gasteiger partial charge in [0, 0.05) is 41.7 Å². The monoisotopic (exact) mass is 309 g/mol. The van der Waals surface area contributed by atoms with Crippen LogP contribution in [0.4, 0.5) is 0 Å². The van der Waals surface area contributed by atoms with Crippen LogP contribution in [-0.4, -0.2) is 34.7 Å². The molecule has 3 fully saturated rings. The summed E-state index contributed by atoms with van der Waals surface area (Å²) in [7, 11) is 0. The fourth-order valence-electron chi connectivity index (χ4n) is 3.81. The SMILES string of the molecule is NC1N2CCC(CC2)[C@]12Cc1cc(Br)cnc1O2. The number of halogens is 1. The first kappa shape index (κ1) is 11.2. The van der Waals surface area contributed by atoms with Gasteiger partial charge in [0.1, 0.15) is 5.60 Å². The maximum atomic E-state index is 6.44. The first-order valence-corrected chi connectivity index (χ1v) is 7.31. The fraction of sp³-hybridized carbons (Fsp3) is 0.615. The highest BCUT2D eigenvalue weighted by molar-refractivity contribution is 9.10. The number of nitrogens with two attached hydrogens (primary N) is 1. The smallest absolute Gasteiger partial charge is 0.217 e. The summed E-state index contributed by atoms with van der Waals surface area (Å²) in [6.45, 7) is 2.23. The number of pyridine rings is 1. The molecule has 1 spiro atoms. The van der Waals surface area contributed by atoms with Crippen molar-refractivity contribution in [3.8, 4) is 5.88 Å². The fourth-order valence-corrected chi connectivity index (χ4v) is 4.19. The molecule has 5 heteroatoms. The molecule has 0 aliphatic carbocycles. The summed E-state index contributed by atoms with van der Waals surface area (Å²) in [6, 6.07) is 2.11. The summed E-state index contributed by atoms with van der Waals surface area (Å²) in [5, 5.41) is 0. The predicted octanol–water partition coefficient (Wildman–Crippen LogP) is 1.53. The summed E-state index contributed by atoms with van der Waals surface area (Å²) >= 11 is 3.47. The number of fused-ring (bicyclic) bond motifs is 3. The summed E-state index contributed by atoms with van der Waals surface area (Å²) < 4.78 is 7.25. The van der Waals surface area contributed by atoms with Crippen molar-refractivity contribution in [1.82, 2.24) is 9.88 Å². The maximum absolute atomic E-state index is 6.44. The van der Waals surface area contributed by atoms with Crippen LogP contribution in [0.5, 0.6) is 5.88 Å². The lowest BCUT2D eigenvalue weighted by atomic mass is 9.71. The Labute approximate surface area is 115 Å². The van der Waals surface area contributed by atoms with E-state index in [1.807, 2.05) is 0 Å². The zero-order chi connectivity index (χ0) is 12.3. The number of ether oxygens (including phenoxy) is 1. The van der Waals surface area contributed by atoms with Crippen molar-refractivity contribution < 1.29 is 4.74 Å². The van der Waals surface area contributed by atoms with Crippen LogP contribution in [0, 0.1) is 5.92 Å². The topological polar surface area (TPSA) is 51.4 Å². The van der Waals surface area contributed by atoms with Crippen molar-refractivity contribution >= 4 is 15.9 Å². The second-order valence-electron chi connectivity index (χ2n) is 5.61. The number of nitrogens with zero attached hydrogens (tertiary/aromatic N) is 2. The highest BCUT2D eigenvalue weighted by atomic mass is 79.9. The molecule has 96 valence electrons. The zero-order valence-electron chi connectivity index (χ0n) is 10.1. The first-order chi connectivity index (χ1) is 8.69. The Hall–Kier alpha value is -0.650. The first-order valence-electron chi connectivity index (χ1n) is 6.52. The van der Waals surface area contributed by atoms with Gasteiger partial charge in [0.25, 0.3) is 0 Å². The molecular weight excluding hydrogens is 294 g/mol. The number of hydrogen-bond donors (Lipinski definition) is 1. The molecular formula is C13H16BrN3O. The average molecular weight is 310 g/mol. The number of hydrogen-bond acceptors (Lipinski definition) is 4. The van der Waals surface area contributed by atoms with Crippen molar-refractivity contribution in [3.05, 3.63) is 22.3 Å². The second kappa shape index (κ2) is 3.68. The van der Waals surface area contributed by atoms with Gasteiger partial charge in [-0.25, -0.2) is 4.98 Å². The van der Waals surface area contributed by atoms with Crippen molar-refractivity contribution in [1.29, 1.82) is 0 Å². The van der Waals surface area contributed by atoms with E-state index < -0.39 is 0 Å². The lowest BCUT2D eigenvalue weighted by molar-refractivity contribution is -0.126. The van der Waals surface area contributed by atoms with Crippen LogP contribution in [0.2, 0.25) is 0 Å². The van der Waals surface area contributed by atoms with E-state index in [2.05, 4.69) is 31.9 Å². The largest absolute Gasteiger partial charge is 0.467 e.